The molecule has 1 aromatic heterocycles. The first-order valence-corrected chi connectivity index (χ1v) is 10.9. The van der Waals surface area contributed by atoms with Crippen molar-refractivity contribution in [1.29, 1.82) is 0 Å². The molecule has 0 unspecified atom stereocenters. The van der Waals surface area contributed by atoms with E-state index in [1.807, 2.05) is 12.1 Å². The Hall–Kier alpha value is -1.85. The number of amides is 1. The molecular formula is C22H29N3OS. The van der Waals surface area contributed by atoms with E-state index in [-0.39, 0.29) is 5.91 Å². The van der Waals surface area contributed by atoms with Gasteiger partial charge in [-0.3, -0.25) is 4.79 Å². The zero-order valence-electron chi connectivity index (χ0n) is 16.1. The van der Waals surface area contributed by atoms with Gasteiger partial charge >= 0.3 is 0 Å². The minimum absolute atomic E-state index is 0.0769. The molecule has 2 aromatic rings. The van der Waals surface area contributed by atoms with Crippen molar-refractivity contribution in [2.45, 2.75) is 44.2 Å². The summed E-state index contributed by atoms with van der Waals surface area (Å²) in [5.74, 6) is 0.971. The van der Waals surface area contributed by atoms with Crippen LogP contribution < -0.4 is 5.32 Å². The Labute approximate surface area is 166 Å². The third-order valence-electron chi connectivity index (χ3n) is 4.99. The van der Waals surface area contributed by atoms with Crippen LogP contribution in [0.5, 0.6) is 0 Å². The topological polar surface area (TPSA) is 45.2 Å². The Kier molecular flexibility index (Phi) is 7.72. The minimum atomic E-state index is -0.0769. The second kappa shape index (κ2) is 10.5. The van der Waals surface area contributed by atoms with Crippen molar-refractivity contribution in [1.82, 2.24) is 15.2 Å². The molecular weight excluding hydrogens is 354 g/mol. The van der Waals surface area contributed by atoms with Crippen LogP contribution in [0, 0.1) is 0 Å². The van der Waals surface area contributed by atoms with Gasteiger partial charge in [0.05, 0.1) is 10.6 Å². The minimum Gasteiger partial charge on any atom is -0.348 e. The molecule has 0 spiro atoms. The maximum absolute atomic E-state index is 12.3. The van der Waals surface area contributed by atoms with Crippen LogP contribution in [0.2, 0.25) is 0 Å². The largest absolute Gasteiger partial charge is 0.348 e. The molecule has 1 aliphatic heterocycles. The molecule has 27 heavy (non-hydrogen) atoms. The quantitative estimate of drug-likeness (QED) is 0.696. The summed E-state index contributed by atoms with van der Waals surface area (Å²) in [6.07, 6.45) is 6.74. The van der Waals surface area contributed by atoms with Crippen LogP contribution in [-0.2, 0) is 13.0 Å². The highest BCUT2D eigenvalue weighted by Gasteiger charge is 2.10. The lowest BCUT2D eigenvalue weighted by Gasteiger charge is -2.25. The molecule has 1 N–H and O–H groups in total. The van der Waals surface area contributed by atoms with Gasteiger partial charge in [0.15, 0.2) is 0 Å². The number of rotatable bonds is 8. The number of benzene rings is 1. The number of nitrogens with zero attached hydrogens (tertiary/aromatic N) is 2. The number of carbonyl (C=O) groups excluding carboxylic acids is 1. The summed E-state index contributed by atoms with van der Waals surface area (Å²) in [5, 5.41) is 3.95. The van der Waals surface area contributed by atoms with Crippen molar-refractivity contribution < 1.29 is 4.79 Å². The molecule has 0 bridgehead atoms. The number of hydrogen-bond donors (Lipinski definition) is 1. The average molecular weight is 384 g/mol. The number of hydrogen-bond acceptors (Lipinski definition) is 4. The molecule has 0 aliphatic carbocycles. The molecule has 0 radical (unpaired) electrons. The van der Waals surface area contributed by atoms with Gasteiger partial charge in [-0.05, 0) is 55.6 Å². The molecule has 5 heteroatoms. The van der Waals surface area contributed by atoms with Gasteiger partial charge in [0, 0.05) is 25.0 Å². The van der Waals surface area contributed by atoms with E-state index >= 15 is 0 Å². The van der Waals surface area contributed by atoms with E-state index in [2.05, 4.69) is 46.4 Å². The summed E-state index contributed by atoms with van der Waals surface area (Å²) in [6, 6.07) is 12.2. The lowest BCUT2D eigenvalue weighted by Crippen LogP contribution is -2.31. The Balaban J connectivity index is 1.42. The summed E-state index contributed by atoms with van der Waals surface area (Å²) in [7, 11) is 0. The second-order valence-electron chi connectivity index (χ2n) is 6.99. The Morgan fingerprint density at radius 2 is 1.81 bits per heavy atom. The van der Waals surface area contributed by atoms with Gasteiger partial charge in [-0.25, -0.2) is 4.98 Å². The monoisotopic (exact) mass is 383 g/mol. The highest BCUT2D eigenvalue weighted by Crippen LogP contribution is 2.17. The highest BCUT2D eigenvalue weighted by molar-refractivity contribution is 7.99. The molecule has 0 saturated carbocycles. The van der Waals surface area contributed by atoms with E-state index in [1.165, 1.54) is 37.9 Å². The van der Waals surface area contributed by atoms with Crippen molar-refractivity contribution >= 4 is 17.7 Å². The number of nitrogens with one attached hydrogen (secondary N) is 1. The number of likely N-dealkylation sites (tertiary alicyclic amines) is 1. The summed E-state index contributed by atoms with van der Waals surface area (Å²) in [5.41, 5.74) is 3.03. The fraction of sp³-hybridized carbons (Fsp3) is 0.455. The molecule has 2 heterocycles. The van der Waals surface area contributed by atoms with Crippen LogP contribution >= 0.6 is 11.8 Å². The van der Waals surface area contributed by atoms with Crippen LogP contribution in [0.4, 0.5) is 0 Å². The molecule has 1 fully saturated rings. The van der Waals surface area contributed by atoms with Crippen LogP contribution in [0.1, 0.15) is 47.7 Å². The zero-order chi connectivity index (χ0) is 18.9. The molecule has 1 aliphatic rings. The van der Waals surface area contributed by atoms with E-state index < -0.39 is 0 Å². The van der Waals surface area contributed by atoms with E-state index in [0.29, 0.717) is 12.1 Å². The van der Waals surface area contributed by atoms with Gasteiger partial charge in [0.2, 0.25) is 0 Å². The summed E-state index contributed by atoms with van der Waals surface area (Å²) >= 11 is 1.76. The SMILES string of the molecule is CCc1ccc(CNC(=O)c2ccc(SCCN3CCCCC3)nc2)cc1. The first-order chi connectivity index (χ1) is 13.2. The summed E-state index contributed by atoms with van der Waals surface area (Å²) in [4.78, 5) is 19.3. The molecule has 1 saturated heterocycles. The molecule has 3 rings (SSSR count). The highest BCUT2D eigenvalue weighted by atomic mass is 32.2. The van der Waals surface area contributed by atoms with E-state index in [0.717, 1.165) is 29.3 Å². The number of thioether (sulfide) groups is 1. The summed E-state index contributed by atoms with van der Waals surface area (Å²) in [6.45, 7) is 6.25. The van der Waals surface area contributed by atoms with Crippen molar-refractivity contribution in [3.05, 3.63) is 59.3 Å². The third-order valence-corrected chi connectivity index (χ3v) is 5.91. The van der Waals surface area contributed by atoms with Crippen molar-refractivity contribution in [3.8, 4) is 0 Å². The molecule has 4 nitrogen and oxygen atoms in total. The first-order valence-electron chi connectivity index (χ1n) is 9.92. The number of piperidine rings is 1. The molecule has 1 amide bonds. The van der Waals surface area contributed by atoms with E-state index in [9.17, 15) is 4.79 Å². The fourth-order valence-electron chi connectivity index (χ4n) is 3.24. The van der Waals surface area contributed by atoms with Gasteiger partial charge < -0.3 is 10.2 Å². The van der Waals surface area contributed by atoms with E-state index in [1.54, 1.807) is 18.0 Å². The number of aromatic nitrogens is 1. The number of pyridine rings is 1. The first kappa shape index (κ1) is 19.9. The van der Waals surface area contributed by atoms with Gasteiger partial charge in [-0.15, -0.1) is 11.8 Å². The standard InChI is InChI=1S/C22H29N3OS/c1-2-18-6-8-19(9-7-18)16-24-22(26)20-10-11-21(23-17-20)27-15-14-25-12-4-3-5-13-25/h6-11,17H,2-5,12-16H2,1H3,(H,24,26). The Bertz CT molecular complexity index is 709. The van der Waals surface area contributed by atoms with Crippen LogP contribution in [0.25, 0.3) is 0 Å². The van der Waals surface area contributed by atoms with E-state index in [4.69, 9.17) is 0 Å². The maximum atomic E-state index is 12.3. The molecule has 1 aromatic carbocycles. The predicted molar refractivity (Wildman–Crippen MR) is 112 cm³/mol. The number of carbonyl (C=O) groups is 1. The third kappa shape index (κ3) is 6.36. The second-order valence-corrected chi connectivity index (χ2v) is 8.10. The van der Waals surface area contributed by atoms with Gasteiger partial charge in [0.1, 0.15) is 0 Å². The van der Waals surface area contributed by atoms with Crippen LogP contribution in [0.3, 0.4) is 0 Å². The maximum Gasteiger partial charge on any atom is 0.253 e. The Morgan fingerprint density at radius 3 is 2.48 bits per heavy atom. The fourth-order valence-corrected chi connectivity index (χ4v) is 4.09. The van der Waals surface area contributed by atoms with Crippen molar-refractivity contribution in [3.63, 3.8) is 0 Å². The van der Waals surface area contributed by atoms with Crippen molar-refractivity contribution in [2.75, 3.05) is 25.4 Å². The summed E-state index contributed by atoms with van der Waals surface area (Å²) < 4.78 is 0. The average Bonchev–Trinajstić information content (AvgIpc) is 2.73. The molecule has 0 atom stereocenters. The van der Waals surface area contributed by atoms with Crippen LogP contribution in [0.15, 0.2) is 47.6 Å². The van der Waals surface area contributed by atoms with Crippen molar-refractivity contribution in [2.24, 2.45) is 0 Å². The lowest BCUT2D eigenvalue weighted by molar-refractivity contribution is 0.0950. The van der Waals surface area contributed by atoms with Crippen LogP contribution in [-0.4, -0.2) is 41.2 Å². The van der Waals surface area contributed by atoms with Gasteiger partial charge in [-0.1, -0.05) is 37.6 Å². The predicted octanol–water partition coefficient (Wildman–Crippen LogP) is 4.15. The zero-order valence-corrected chi connectivity index (χ0v) is 16.9. The smallest absolute Gasteiger partial charge is 0.253 e. The molecule has 144 valence electrons. The normalized spacial score (nSPS) is 14.9. The van der Waals surface area contributed by atoms with Gasteiger partial charge in [-0.2, -0.15) is 0 Å². The lowest BCUT2D eigenvalue weighted by atomic mass is 10.1. The Morgan fingerprint density at radius 1 is 1.07 bits per heavy atom. The number of aryl methyl sites for hydroxylation is 1. The van der Waals surface area contributed by atoms with Gasteiger partial charge in [0.25, 0.3) is 5.91 Å².